The van der Waals surface area contributed by atoms with Gasteiger partial charge in [-0.3, -0.25) is 9.80 Å². The van der Waals surface area contributed by atoms with E-state index >= 15 is 0 Å². The quantitative estimate of drug-likeness (QED) is 0.485. The van der Waals surface area contributed by atoms with Gasteiger partial charge in [0.1, 0.15) is 23.5 Å². The first-order valence-corrected chi connectivity index (χ1v) is 11.9. The first-order chi connectivity index (χ1) is 16.1. The summed E-state index contributed by atoms with van der Waals surface area (Å²) in [6.45, 7) is 5.33. The zero-order chi connectivity index (χ0) is 23.0. The Hall–Kier alpha value is -2.78. The van der Waals surface area contributed by atoms with Crippen LogP contribution in [0.1, 0.15) is 16.1 Å². The lowest BCUT2D eigenvalue weighted by molar-refractivity contribution is 0.0444. The second kappa shape index (κ2) is 11.4. The molecule has 0 aliphatic carbocycles. The van der Waals surface area contributed by atoms with E-state index in [0.29, 0.717) is 17.9 Å². The molecule has 4 rings (SSSR count). The standard InChI is InChI=1S/C25H29N3O4S/c1-31-25(30)20-7-9-23(10-8-20)32-17-22(29)16-28-13-11-27(12-14-28)15-21-18-33-24(26-21)19-5-3-2-4-6-19/h2-10,18,22,29H,11-17H2,1H3/t22-/m0/s1. The van der Waals surface area contributed by atoms with Crippen LogP contribution in [0.3, 0.4) is 0 Å². The fourth-order valence-corrected chi connectivity index (χ4v) is 4.62. The van der Waals surface area contributed by atoms with Crippen molar-refractivity contribution in [2.24, 2.45) is 0 Å². The lowest BCUT2D eigenvalue weighted by Crippen LogP contribution is -2.48. The Balaban J connectivity index is 1.17. The Bertz CT molecular complexity index is 1020. The highest BCUT2D eigenvalue weighted by molar-refractivity contribution is 7.13. The van der Waals surface area contributed by atoms with Crippen LogP contribution in [-0.2, 0) is 11.3 Å². The van der Waals surface area contributed by atoms with Gasteiger partial charge in [0.25, 0.3) is 0 Å². The van der Waals surface area contributed by atoms with E-state index in [2.05, 4.69) is 32.0 Å². The van der Waals surface area contributed by atoms with Crippen molar-refractivity contribution >= 4 is 17.3 Å². The molecule has 174 valence electrons. The third-order valence-corrected chi connectivity index (χ3v) is 6.55. The van der Waals surface area contributed by atoms with E-state index in [1.165, 1.54) is 7.11 Å². The highest BCUT2D eigenvalue weighted by Gasteiger charge is 2.20. The van der Waals surface area contributed by atoms with Gasteiger partial charge in [-0.15, -0.1) is 11.3 Å². The molecule has 1 aromatic heterocycles. The normalized spacial score (nSPS) is 15.8. The smallest absolute Gasteiger partial charge is 0.337 e. The van der Waals surface area contributed by atoms with Crippen molar-refractivity contribution in [1.29, 1.82) is 0 Å². The molecule has 1 saturated heterocycles. The zero-order valence-corrected chi connectivity index (χ0v) is 19.5. The number of aliphatic hydroxyl groups excluding tert-OH is 1. The Morgan fingerprint density at radius 2 is 1.76 bits per heavy atom. The first-order valence-electron chi connectivity index (χ1n) is 11.0. The first kappa shape index (κ1) is 23.4. The second-order valence-corrected chi connectivity index (χ2v) is 8.93. The summed E-state index contributed by atoms with van der Waals surface area (Å²) >= 11 is 1.69. The van der Waals surface area contributed by atoms with Crippen LogP contribution in [0.2, 0.25) is 0 Å². The van der Waals surface area contributed by atoms with E-state index in [4.69, 9.17) is 9.72 Å². The third-order valence-electron chi connectivity index (χ3n) is 5.61. The molecule has 0 bridgehead atoms. The van der Waals surface area contributed by atoms with Crippen LogP contribution >= 0.6 is 11.3 Å². The minimum Gasteiger partial charge on any atom is -0.491 e. The molecule has 2 aromatic carbocycles. The van der Waals surface area contributed by atoms with Gasteiger partial charge in [-0.1, -0.05) is 30.3 Å². The van der Waals surface area contributed by atoms with Crippen molar-refractivity contribution < 1.29 is 19.4 Å². The van der Waals surface area contributed by atoms with Gasteiger partial charge in [0.05, 0.1) is 18.4 Å². The Morgan fingerprint density at radius 1 is 1.06 bits per heavy atom. The van der Waals surface area contributed by atoms with E-state index in [1.807, 2.05) is 18.2 Å². The summed E-state index contributed by atoms with van der Waals surface area (Å²) in [6.07, 6.45) is -0.580. The molecule has 1 aliphatic rings. The van der Waals surface area contributed by atoms with Crippen molar-refractivity contribution in [3.8, 4) is 16.3 Å². The predicted molar refractivity (Wildman–Crippen MR) is 129 cm³/mol. The Morgan fingerprint density at radius 3 is 2.45 bits per heavy atom. The number of methoxy groups -OCH3 is 1. The number of carbonyl (C=O) groups is 1. The molecule has 7 nitrogen and oxygen atoms in total. The van der Waals surface area contributed by atoms with Crippen LogP contribution in [-0.4, -0.2) is 78.4 Å². The number of β-amino-alcohol motifs (C(OH)–C–C–N with tert-alkyl or cyclic N) is 1. The molecule has 0 saturated carbocycles. The lowest BCUT2D eigenvalue weighted by atomic mass is 10.2. The highest BCUT2D eigenvalue weighted by Crippen LogP contribution is 2.24. The predicted octanol–water partition coefficient (Wildman–Crippen LogP) is 3.15. The van der Waals surface area contributed by atoms with E-state index in [0.717, 1.165) is 49.0 Å². The molecule has 3 aromatic rings. The van der Waals surface area contributed by atoms with Gasteiger partial charge >= 0.3 is 5.97 Å². The summed E-state index contributed by atoms with van der Waals surface area (Å²) in [5, 5.41) is 13.6. The maximum absolute atomic E-state index is 11.5. The van der Waals surface area contributed by atoms with Crippen LogP contribution in [0.15, 0.2) is 60.0 Å². The topological polar surface area (TPSA) is 75.1 Å². The molecule has 0 spiro atoms. The molecule has 1 atom stereocenters. The van der Waals surface area contributed by atoms with Gasteiger partial charge in [-0.2, -0.15) is 0 Å². The molecule has 0 amide bonds. The van der Waals surface area contributed by atoms with Crippen LogP contribution in [0.25, 0.3) is 10.6 Å². The summed E-state index contributed by atoms with van der Waals surface area (Å²) in [6, 6.07) is 17.0. The lowest BCUT2D eigenvalue weighted by Gasteiger charge is -2.35. The Labute approximate surface area is 198 Å². The number of hydrogen-bond acceptors (Lipinski definition) is 8. The number of esters is 1. The summed E-state index contributed by atoms with van der Waals surface area (Å²) in [4.78, 5) is 21.0. The zero-order valence-electron chi connectivity index (χ0n) is 18.7. The SMILES string of the molecule is COC(=O)c1ccc(OC[C@@H](O)CN2CCN(Cc3csc(-c4ccccc4)n3)CC2)cc1. The molecule has 8 heteroatoms. The number of rotatable bonds is 9. The molecule has 1 fully saturated rings. The van der Waals surface area contributed by atoms with Crippen LogP contribution in [0.5, 0.6) is 5.75 Å². The van der Waals surface area contributed by atoms with E-state index in [1.54, 1.807) is 35.6 Å². The molecule has 1 aliphatic heterocycles. The molecule has 33 heavy (non-hydrogen) atoms. The largest absolute Gasteiger partial charge is 0.491 e. The van der Waals surface area contributed by atoms with Gasteiger partial charge in [0, 0.05) is 50.2 Å². The summed E-state index contributed by atoms with van der Waals surface area (Å²) in [5.74, 6) is 0.233. The number of piperazine rings is 1. The molecule has 1 N–H and O–H groups in total. The number of benzene rings is 2. The second-order valence-electron chi connectivity index (χ2n) is 8.07. The third kappa shape index (κ3) is 6.61. The minimum atomic E-state index is -0.580. The maximum Gasteiger partial charge on any atom is 0.337 e. The van der Waals surface area contributed by atoms with Crippen molar-refractivity contribution in [2.45, 2.75) is 12.6 Å². The fourth-order valence-electron chi connectivity index (χ4n) is 3.80. The molecular formula is C25H29N3O4S. The number of thiazole rings is 1. The summed E-state index contributed by atoms with van der Waals surface area (Å²) in [7, 11) is 1.35. The van der Waals surface area contributed by atoms with Gasteiger partial charge < -0.3 is 14.6 Å². The molecule has 2 heterocycles. The molecule has 0 unspecified atom stereocenters. The van der Waals surface area contributed by atoms with Crippen molar-refractivity contribution in [3.63, 3.8) is 0 Å². The van der Waals surface area contributed by atoms with Gasteiger partial charge in [0.2, 0.25) is 0 Å². The highest BCUT2D eigenvalue weighted by atomic mass is 32.1. The van der Waals surface area contributed by atoms with Crippen molar-refractivity contribution in [1.82, 2.24) is 14.8 Å². The average molecular weight is 468 g/mol. The minimum absolute atomic E-state index is 0.207. The van der Waals surface area contributed by atoms with Crippen molar-refractivity contribution in [3.05, 3.63) is 71.2 Å². The summed E-state index contributed by atoms with van der Waals surface area (Å²) in [5.41, 5.74) is 2.74. The van der Waals surface area contributed by atoms with Gasteiger partial charge in [-0.05, 0) is 24.3 Å². The van der Waals surface area contributed by atoms with Crippen LogP contribution in [0.4, 0.5) is 0 Å². The number of ether oxygens (including phenoxy) is 2. The van der Waals surface area contributed by atoms with E-state index < -0.39 is 6.10 Å². The monoisotopic (exact) mass is 467 g/mol. The molecular weight excluding hydrogens is 438 g/mol. The number of hydrogen-bond donors (Lipinski definition) is 1. The van der Waals surface area contributed by atoms with Gasteiger partial charge in [0.15, 0.2) is 0 Å². The number of nitrogens with zero attached hydrogens (tertiary/aromatic N) is 3. The fraction of sp³-hybridized carbons (Fsp3) is 0.360. The number of carbonyl (C=O) groups excluding carboxylic acids is 1. The summed E-state index contributed by atoms with van der Waals surface area (Å²) < 4.78 is 10.4. The van der Waals surface area contributed by atoms with Gasteiger partial charge in [-0.25, -0.2) is 9.78 Å². The number of aromatic nitrogens is 1. The van der Waals surface area contributed by atoms with Crippen molar-refractivity contribution in [2.75, 3.05) is 46.4 Å². The van der Waals surface area contributed by atoms with Crippen LogP contribution in [0, 0.1) is 0 Å². The maximum atomic E-state index is 11.5. The van der Waals surface area contributed by atoms with E-state index in [9.17, 15) is 9.90 Å². The van der Waals surface area contributed by atoms with Crippen LogP contribution < -0.4 is 4.74 Å². The Kier molecular flexibility index (Phi) is 8.06. The molecule has 0 radical (unpaired) electrons. The van der Waals surface area contributed by atoms with E-state index in [-0.39, 0.29) is 12.6 Å². The average Bonchev–Trinajstić information content (AvgIpc) is 3.33. The number of aliphatic hydroxyl groups is 1.